The highest BCUT2D eigenvalue weighted by Gasteiger charge is 2.07. The summed E-state index contributed by atoms with van der Waals surface area (Å²) in [7, 11) is 0. The minimum atomic E-state index is 0.594. The van der Waals surface area contributed by atoms with E-state index in [9.17, 15) is 0 Å². The van der Waals surface area contributed by atoms with Crippen molar-refractivity contribution in [2.24, 2.45) is 5.92 Å². The molecule has 0 atom stereocenters. The molecule has 3 nitrogen and oxygen atoms in total. The fraction of sp³-hybridized carbons (Fsp3) is 0.765. The number of ether oxygens (including phenoxy) is 1. The van der Waals surface area contributed by atoms with Gasteiger partial charge in [0.05, 0.1) is 0 Å². The van der Waals surface area contributed by atoms with Gasteiger partial charge < -0.3 is 14.5 Å². The average Bonchev–Trinajstić information content (AvgIpc) is 2.74. The van der Waals surface area contributed by atoms with Gasteiger partial charge in [0.1, 0.15) is 18.1 Å². The summed E-state index contributed by atoms with van der Waals surface area (Å²) in [5.41, 5.74) is 1.25. The van der Waals surface area contributed by atoms with Gasteiger partial charge in [0, 0.05) is 18.7 Å². The van der Waals surface area contributed by atoms with Crippen molar-refractivity contribution in [3.05, 3.63) is 23.2 Å². The molecule has 116 valence electrons. The van der Waals surface area contributed by atoms with Crippen LogP contribution < -0.4 is 5.32 Å². The normalized spacial score (nSPS) is 11.4. The number of aryl methyl sites for hydroxylation is 1. The van der Waals surface area contributed by atoms with E-state index in [1.165, 1.54) is 24.8 Å². The van der Waals surface area contributed by atoms with Gasteiger partial charge in [-0.2, -0.15) is 0 Å². The summed E-state index contributed by atoms with van der Waals surface area (Å²) in [5.74, 6) is 2.62. The summed E-state index contributed by atoms with van der Waals surface area (Å²) in [6.45, 7) is 12.0. The summed E-state index contributed by atoms with van der Waals surface area (Å²) in [6, 6.07) is 2.12. The Bertz CT molecular complexity index is 358. The molecule has 0 aromatic carbocycles. The number of nitrogens with one attached hydrogen (secondary N) is 1. The molecular weight excluding hydrogens is 250 g/mol. The summed E-state index contributed by atoms with van der Waals surface area (Å²) < 4.78 is 11.4. The molecule has 1 rings (SSSR count). The highest BCUT2D eigenvalue weighted by Crippen LogP contribution is 2.15. The van der Waals surface area contributed by atoms with Crippen LogP contribution in [0.25, 0.3) is 0 Å². The first kappa shape index (κ1) is 17.3. The Kier molecular flexibility index (Phi) is 8.63. The molecule has 0 aliphatic carbocycles. The summed E-state index contributed by atoms with van der Waals surface area (Å²) in [5, 5.41) is 3.44. The van der Waals surface area contributed by atoms with Crippen LogP contribution in [0, 0.1) is 12.8 Å². The lowest BCUT2D eigenvalue weighted by Gasteiger charge is -2.05. The first-order chi connectivity index (χ1) is 9.63. The van der Waals surface area contributed by atoms with E-state index >= 15 is 0 Å². The molecule has 0 aliphatic heterocycles. The third kappa shape index (κ3) is 7.11. The lowest BCUT2D eigenvalue weighted by atomic mass is 10.2. The predicted octanol–water partition coefficient (Wildman–Crippen LogP) is 4.43. The van der Waals surface area contributed by atoms with Gasteiger partial charge in [-0.1, -0.05) is 40.0 Å². The average molecular weight is 281 g/mol. The molecule has 1 aromatic rings. The maximum Gasteiger partial charge on any atom is 0.130 e. The SMILES string of the molecule is CCCCCCOCc1cc(CNCC(C)C)c(C)o1. The van der Waals surface area contributed by atoms with Crippen molar-refractivity contribution < 1.29 is 9.15 Å². The van der Waals surface area contributed by atoms with Crippen molar-refractivity contribution in [3.8, 4) is 0 Å². The predicted molar refractivity (Wildman–Crippen MR) is 83.8 cm³/mol. The summed E-state index contributed by atoms with van der Waals surface area (Å²) in [6.07, 6.45) is 4.98. The van der Waals surface area contributed by atoms with Gasteiger partial charge in [0.2, 0.25) is 0 Å². The van der Waals surface area contributed by atoms with Crippen LogP contribution in [0.5, 0.6) is 0 Å². The van der Waals surface area contributed by atoms with Gasteiger partial charge in [0.15, 0.2) is 0 Å². The van der Waals surface area contributed by atoms with Gasteiger partial charge in [-0.15, -0.1) is 0 Å². The van der Waals surface area contributed by atoms with Crippen LogP contribution >= 0.6 is 0 Å². The topological polar surface area (TPSA) is 34.4 Å². The zero-order valence-corrected chi connectivity index (χ0v) is 13.6. The van der Waals surface area contributed by atoms with Crippen LogP contribution in [0.1, 0.15) is 63.5 Å². The lowest BCUT2D eigenvalue weighted by molar-refractivity contribution is 0.102. The van der Waals surface area contributed by atoms with E-state index in [0.29, 0.717) is 12.5 Å². The molecule has 0 unspecified atom stereocenters. The van der Waals surface area contributed by atoms with Gasteiger partial charge in [-0.05, 0) is 31.9 Å². The zero-order valence-electron chi connectivity index (χ0n) is 13.6. The monoisotopic (exact) mass is 281 g/mol. The van der Waals surface area contributed by atoms with Crippen molar-refractivity contribution in [2.45, 2.75) is 66.5 Å². The quantitative estimate of drug-likeness (QED) is 0.609. The molecule has 0 bridgehead atoms. The molecule has 0 spiro atoms. The summed E-state index contributed by atoms with van der Waals surface area (Å²) >= 11 is 0. The minimum absolute atomic E-state index is 0.594. The molecule has 1 aromatic heterocycles. The number of hydrogen-bond acceptors (Lipinski definition) is 3. The second kappa shape index (κ2) is 10.0. The van der Waals surface area contributed by atoms with Crippen molar-refractivity contribution >= 4 is 0 Å². The van der Waals surface area contributed by atoms with Gasteiger partial charge in [-0.3, -0.25) is 0 Å². The second-order valence-corrected chi connectivity index (χ2v) is 5.93. The Morgan fingerprint density at radius 1 is 1.25 bits per heavy atom. The molecule has 0 fully saturated rings. The van der Waals surface area contributed by atoms with E-state index in [-0.39, 0.29) is 0 Å². The Morgan fingerprint density at radius 3 is 2.75 bits per heavy atom. The van der Waals surface area contributed by atoms with E-state index < -0.39 is 0 Å². The summed E-state index contributed by atoms with van der Waals surface area (Å²) in [4.78, 5) is 0. The van der Waals surface area contributed by atoms with Crippen molar-refractivity contribution in [3.63, 3.8) is 0 Å². The maximum atomic E-state index is 5.73. The van der Waals surface area contributed by atoms with Crippen molar-refractivity contribution in [1.82, 2.24) is 5.32 Å². The third-order valence-corrected chi connectivity index (χ3v) is 3.33. The maximum absolute atomic E-state index is 5.73. The van der Waals surface area contributed by atoms with Crippen molar-refractivity contribution in [1.29, 1.82) is 0 Å². The van der Waals surface area contributed by atoms with Crippen LogP contribution in [-0.4, -0.2) is 13.2 Å². The van der Waals surface area contributed by atoms with Gasteiger partial charge in [-0.25, -0.2) is 0 Å². The van der Waals surface area contributed by atoms with Crippen LogP contribution in [-0.2, 0) is 17.9 Å². The highest BCUT2D eigenvalue weighted by molar-refractivity contribution is 5.20. The molecule has 20 heavy (non-hydrogen) atoms. The minimum Gasteiger partial charge on any atom is -0.464 e. The standard InChI is InChI=1S/C17H31NO2/c1-5-6-7-8-9-19-13-17-10-16(15(4)20-17)12-18-11-14(2)3/h10,14,18H,5-9,11-13H2,1-4H3. The molecule has 1 N–H and O–H groups in total. The van der Waals surface area contributed by atoms with E-state index in [4.69, 9.17) is 9.15 Å². The van der Waals surface area contributed by atoms with Gasteiger partial charge in [0.25, 0.3) is 0 Å². The lowest BCUT2D eigenvalue weighted by Crippen LogP contribution is -2.18. The van der Waals surface area contributed by atoms with Crippen LogP contribution in [0.3, 0.4) is 0 Å². The molecule has 0 aliphatic rings. The first-order valence-corrected chi connectivity index (χ1v) is 8.00. The Balaban J connectivity index is 2.23. The Hall–Kier alpha value is -0.800. The molecule has 0 amide bonds. The molecule has 0 saturated heterocycles. The number of hydrogen-bond donors (Lipinski definition) is 1. The first-order valence-electron chi connectivity index (χ1n) is 8.00. The molecule has 1 heterocycles. The molecule has 3 heteroatoms. The molecular formula is C17H31NO2. The Labute approximate surface area is 124 Å². The number of rotatable bonds is 11. The second-order valence-electron chi connectivity index (χ2n) is 5.93. The van der Waals surface area contributed by atoms with Crippen LogP contribution in [0.2, 0.25) is 0 Å². The zero-order chi connectivity index (χ0) is 14.8. The van der Waals surface area contributed by atoms with Crippen molar-refractivity contribution in [2.75, 3.05) is 13.2 Å². The van der Waals surface area contributed by atoms with Gasteiger partial charge >= 0.3 is 0 Å². The third-order valence-electron chi connectivity index (χ3n) is 3.33. The van der Waals surface area contributed by atoms with E-state index in [2.05, 4.69) is 32.2 Å². The smallest absolute Gasteiger partial charge is 0.130 e. The highest BCUT2D eigenvalue weighted by atomic mass is 16.5. The largest absolute Gasteiger partial charge is 0.464 e. The molecule has 0 radical (unpaired) electrons. The van der Waals surface area contributed by atoms with Crippen LogP contribution in [0.15, 0.2) is 10.5 Å². The number of unbranched alkanes of at least 4 members (excludes halogenated alkanes) is 3. The fourth-order valence-corrected chi connectivity index (χ4v) is 2.13. The van der Waals surface area contributed by atoms with Crippen LogP contribution in [0.4, 0.5) is 0 Å². The van der Waals surface area contributed by atoms with E-state index in [0.717, 1.165) is 37.6 Å². The van der Waals surface area contributed by atoms with E-state index in [1.54, 1.807) is 0 Å². The fourth-order valence-electron chi connectivity index (χ4n) is 2.13. The molecule has 0 saturated carbocycles. The number of furan rings is 1. The Morgan fingerprint density at radius 2 is 2.05 bits per heavy atom. The van der Waals surface area contributed by atoms with E-state index in [1.807, 2.05) is 6.92 Å².